The van der Waals surface area contributed by atoms with Crippen LogP contribution >= 0.6 is 0 Å². The quantitative estimate of drug-likeness (QED) is 0.628. The molecule has 3 aromatic carbocycles. The fraction of sp³-hybridized carbons (Fsp3) is 0.174. The van der Waals surface area contributed by atoms with E-state index in [0.717, 1.165) is 23.5 Å². The Kier molecular flexibility index (Phi) is 6.10. The standard InChI is InChI=1S/C23H24N2O2/c1-17-8-9-18(2)22(14-17)24-15-19-10-12-21(13-11-19)27-16-23(26)25-20-6-4-3-5-7-20/h3-14,24H,15-16H2,1-2H3,(H,25,26). The van der Waals surface area contributed by atoms with Crippen LogP contribution in [0.5, 0.6) is 5.75 Å². The fourth-order valence-electron chi connectivity index (χ4n) is 2.69. The number of para-hydroxylation sites is 1. The lowest BCUT2D eigenvalue weighted by molar-refractivity contribution is -0.118. The third-order valence-corrected chi connectivity index (χ3v) is 4.23. The molecular weight excluding hydrogens is 336 g/mol. The van der Waals surface area contributed by atoms with E-state index in [1.807, 2.05) is 54.6 Å². The number of benzene rings is 3. The van der Waals surface area contributed by atoms with Gasteiger partial charge in [0.1, 0.15) is 5.75 Å². The summed E-state index contributed by atoms with van der Waals surface area (Å²) in [6.07, 6.45) is 0. The predicted octanol–water partition coefficient (Wildman–Crippen LogP) is 4.93. The van der Waals surface area contributed by atoms with Crippen LogP contribution < -0.4 is 15.4 Å². The van der Waals surface area contributed by atoms with Crippen LogP contribution in [0.2, 0.25) is 0 Å². The third kappa shape index (κ3) is 5.61. The molecule has 0 saturated heterocycles. The molecule has 3 rings (SSSR count). The second-order valence-electron chi connectivity index (χ2n) is 6.52. The van der Waals surface area contributed by atoms with E-state index in [-0.39, 0.29) is 12.5 Å². The summed E-state index contributed by atoms with van der Waals surface area (Å²) in [5, 5.41) is 6.26. The van der Waals surface area contributed by atoms with Crippen molar-refractivity contribution in [2.75, 3.05) is 17.2 Å². The summed E-state index contributed by atoms with van der Waals surface area (Å²) in [4.78, 5) is 11.9. The summed E-state index contributed by atoms with van der Waals surface area (Å²) in [5.41, 5.74) is 5.52. The van der Waals surface area contributed by atoms with Crippen LogP contribution in [-0.4, -0.2) is 12.5 Å². The van der Waals surface area contributed by atoms with Gasteiger partial charge in [0.15, 0.2) is 6.61 Å². The molecule has 0 aliphatic heterocycles. The van der Waals surface area contributed by atoms with Crippen LogP contribution in [0.3, 0.4) is 0 Å². The monoisotopic (exact) mass is 360 g/mol. The first-order chi connectivity index (χ1) is 13.1. The highest BCUT2D eigenvalue weighted by atomic mass is 16.5. The van der Waals surface area contributed by atoms with Crippen molar-refractivity contribution in [3.63, 3.8) is 0 Å². The number of hydrogen-bond acceptors (Lipinski definition) is 3. The lowest BCUT2D eigenvalue weighted by Crippen LogP contribution is -2.20. The van der Waals surface area contributed by atoms with Crippen molar-refractivity contribution >= 4 is 17.3 Å². The predicted molar refractivity (Wildman–Crippen MR) is 110 cm³/mol. The minimum absolute atomic E-state index is 0.0189. The summed E-state index contributed by atoms with van der Waals surface area (Å²) in [7, 11) is 0. The maximum absolute atomic E-state index is 11.9. The van der Waals surface area contributed by atoms with Gasteiger partial charge in [0.2, 0.25) is 0 Å². The largest absolute Gasteiger partial charge is 0.484 e. The van der Waals surface area contributed by atoms with Crippen LogP contribution in [0.1, 0.15) is 16.7 Å². The van der Waals surface area contributed by atoms with Gasteiger partial charge in [-0.15, -0.1) is 0 Å². The Bertz CT molecular complexity index is 890. The number of anilines is 2. The van der Waals surface area contributed by atoms with Crippen LogP contribution in [0.4, 0.5) is 11.4 Å². The lowest BCUT2D eigenvalue weighted by atomic mass is 10.1. The molecule has 0 atom stereocenters. The number of nitrogens with one attached hydrogen (secondary N) is 2. The molecule has 3 aromatic rings. The molecule has 0 unspecified atom stereocenters. The maximum Gasteiger partial charge on any atom is 0.262 e. The van der Waals surface area contributed by atoms with Crippen molar-refractivity contribution in [1.82, 2.24) is 0 Å². The lowest BCUT2D eigenvalue weighted by Gasteiger charge is -2.11. The molecule has 27 heavy (non-hydrogen) atoms. The Morgan fingerprint density at radius 1 is 0.926 bits per heavy atom. The number of carbonyl (C=O) groups is 1. The average Bonchev–Trinajstić information content (AvgIpc) is 2.69. The second-order valence-corrected chi connectivity index (χ2v) is 6.52. The number of hydrogen-bond donors (Lipinski definition) is 2. The normalized spacial score (nSPS) is 10.3. The smallest absolute Gasteiger partial charge is 0.262 e. The number of aryl methyl sites for hydroxylation is 2. The summed E-state index contributed by atoms with van der Waals surface area (Å²) < 4.78 is 5.56. The Balaban J connectivity index is 1.48. The average molecular weight is 360 g/mol. The van der Waals surface area contributed by atoms with Crippen molar-refractivity contribution < 1.29 is 9.53 Å². The molecule has 2 N–H and O–H groups in total. The van der Waals surface area contributed by atoms with E-state index in [4.69, 9.17) is 4.74 Å². The van der Waals surface area contributed by atoms with E-state index in [1.165, 1.54) is 11.1 Å². The van der Waals surface area contributed by atoms with Crippen LogP contribution in [0.15, 0.2) is 72.8 Å². The minimum atomic E-state index is -0.179. The van der Waals surface area contributed by atoms with Gasteiger partial charge in [-0.3, -0.25) is 4.79 Å². The molecule has 4 nitrogen and oxygen atoms in total. The maximum atomic E-state index is 11.9. The zero-order chi connectivity index (χ0) is 19.1. The minimum Gasteiger partial charge on any atom is -0.484 e. The van der Waals surface area contributed by atoms with Crippen molar-refractivity contribution in [1.29, 1.82) is 0 Å². The second kappa shape index (κ2) is 8.90. The fourth-order valence-corrected chi connectivity index (χ4v) is 2.69. The number of carbonyl (C=O) groups excluding carboxylic acids is 1. The Morgan fingerprint density at radius 3 is 2.41 bits per heavy atom. The van der Waals surface area contributed by atoms with Gasteiger partial charge in [-0.2, -0.15) is 0 Å². The molecule has 0 fully saturated rings. The summed E-state index contributed by atoms with van der Waals surface area (Å²) in [6.45, 7) is 4.90. The first-order valence-corrected chi connectivity index (χ1v) is 8.98. The van der Waals surface area contributed by atoms with Crippen molar-refractivity contribution in [3.05, 3.63) is 89.5 Å². The molecule has 1 amide bonds. The van der Waals surface area contributed by atoms with Crippen LogP contribution in [-0.2, 0) is 11.3 Å². The molecule has 0 spiro atoms. The highest BCUT2D eigenvalue weighted by molar-refractivity contribution is 5.91. The molecule has 0 aliphatic rings. The van der Waals surface area contributed by atoms with Crippen molar-refractivity contribution in [2.24, 2.45) is 0 Å². The summed E-state index contributed by atoms with van der Waals surface area (Å²) >= 11 is 0. The molecular formula is C23H24N2O2. The molecule has 0 aliphatic carbocycles. The van der Waals surface area contributed by atoms with Gasteiger partial charge in [-0.05, 0) is 60.9 Å². The molecule has 0 heterocycles. The van der Waals surface area contributed by atoms with Crippen LogP contribution in [0, 0.1) is 13.8 Å². The van der Waals surface area contributed by atoms with E-state index in [1.54, 1.807) is 0 Å². The van der Waals surface area contributed by atoms with E-state index in [0.29, 0.717) is 5.75 Å². The third-order valence-electron chi connectivity index (χ3n) is 4.23. The zero-order valence-corrected chi connectivity index (χ0v) is 15.7. The molecule has 138 valence electrons. The van der Waals surface area contributed by atoms with Gasteiger partial charge in [0, 0.05) is 17.9 Å². The number of rotatable bonds is 7. The zero-order valence-electron chi connectivity index (χ0n) is 15.7. The molecule has 0 saturated carbocycles. The van der Waals surface area contributed by atoms with Gasteiger partial charge in [0.05, 0.1) is 0 Å². The topological polar surface area (TPSA) is 50.4 Å². The van der Waals surface area contributed by atoms with Gasteiger partial charge >= 0.3 is 0 Å². The first-order valence-electron chi connectivity index (χ1n) is 8.98. The van der Waals surface area contributed by atoms with E-state index < -0.39 is 0 Å². The van der Waals surface area contributed by atoms with E-state index in [2.05, 4.69) is 42.7 Å². The Labute approximate surface area is 160 Å². The summed E-state index contributed by atoms with van der Waals surface area (Å²) in [6, 6.07) is 23.5. The van der Waals surface area contributed by atoms with Gasteiger partial charge in [0.25, 0.3) is 5.91 Å². The van der Waals surface area contributed by atoms with Gasteiger partial charge < -0.3 is 15.4 Å². The SMILES string of the molecule is Cc1ccc(C)c(NCc2ccc(OCC(=O)Nc3ccccc3)cc2)c1. The molecule has 0 bridgehead atoms. The molecule has 4 heteroatoms. The van der Waals surface area contributed by atoms with Crippen LogP contribution in [0.25, 0.3) is 0 Å². The highest BCUT2D eigenvalue weighted by Crippen LogP contribution is 2.18. The first kappa shape index (κ1) is 18.5. The van der Waals surface area contributed by atoms with E-state index in [9.17, 15) is 4.79 Å². The van der Waals surface area contributed by atoms with Gasteiger partial charge in [-0.1, -0.05) is 42.5 Å². The van der Waals surface area contributed by atoms with Gasteiger partial charge in [-0.25, -0.2) is 0 Å². The number of amides is 1. The van der Waals surface area contributed by atoms with E-state index >= 15 is 0 Å². The molecule has 0 radical (unpaired) electrons. The summed E-state index contributed by atoms with van der Waals surface area (Å²) in [5.74, 6) is 0.496. The van der Waals surface area contributed by atoms with Crippen molar-refractivity contribution in [2.45, 2.75) is 20.4 Å². The van der Waals surface area contributed by atoms with Crippen molar-refractivity contribution in [3.8, 4) is 5.75 Å². The Hall–Kier alpha value is -3.27. The highest BCUT2D eigenvalue weighted by Gasteiger charge is 2.04. The number of ether oxygens (including phenoxy) is 1. The Morgan fingerprint density at radius 2 is 1.67 bits per heavy atom. The molecule has 0 aromatic heterocycles.